The summed E-state index contributed by atoms with van der Waals surface area (Å²) in [4.78, 5) is 2.39. The van der Waals surface area contributed by atoms with Gasteiger partial charge >= 0.3 is 0 Å². The molecular formula is C16H27ClN2O3. The van der Waals surface area contributed by atoms with Crippen LogP contribution in [0.15, 0.2) is 18.2 Å². The number of hydrogen-bond donors (Lipinski definition) is 3. The largest absolute Gasteiger partial charge is 0.504 e. The molecule has 126 valence electrons. The van der Waals surface area contributed by atoms with Gasteiger partial charge in [-0.1, -0.05) is 19.9 Å². The Balaban J connectivity index is 0.00000242. The first-order chi connectivity index (χ1) is 9.99. The van der Waals surface area contributed by atoms with Crippen LogP contribution in [0.4, 0.5) is 0 Å². The van der Waals surface area contributed by atoms with E-state index in [0.29, 0.717) is 5.75 Å². The van der Waals surface area contributed by atoms with Crippen molar-refractivity contribution < 1.29 is 14.9 Å². The summed E-state index contributed by atoms with van der Waals surface area (Å²) in [5, 5.41) is 23.0. The van der Waals surface area contributed by atoms with Crippen LogP contribution in [-0.2, 0) is 0 Å². The van der Waals surface area contributed by atoms with Crippen LogP contribution in [0.25, 0.3) is 0 Å². The summed E-state index contributed by atoms with van der Waals surface area (Å²) in [6.07, 6.45) is 0. The number of phenols is 1. The molecule has 2 rings (SSSR count). The Morgan fingerprint density at radius 2 is 1.95 bits per heavy atom. The first-order valence-corrected chi connectivity index (χ1v) is 7.42. The number of hydrogen-bond acceptors (Lipinski definition) is 5. The molecule has 1 aromatic rings. The van der Waals surface area contributed by atoms with Crippen LogP contribution in [0.2, 0.25) is 0 Å². The number of ether oxygens (including phenoxy) is 1. The van der Waals surface area contributed by atoms with E-state index in [1.165, 1.54) is 0 Å². The highest BCUT2D eigenvalue weighted by Gasteiger charge is 2.35. The van der Waals surface area contributed by atoms with E-state index < -0.39 is 0 Å². The number of nitrogens with one attached hydrogen (secondary N) is 1. The molecule has 0 unspecified atom stereocenters. The lowest BCUT2D eigenvalue weighted by molar-refractivity contribution is 0.0304. The van der Waals surface area contributed by atoms with Crippen molar-refractivity contribution in [2.45, 2.75) is 19.9 Å². The number of benzene rings is 1. The summed E-state index contributed by atoms with van der Waals surface area (Å²) < 4.78 is 5.23. The Hall–Kier alpha value is -1.01. The molecule has 0 spiro atoms. The summed E-state index contributed by atoms with van der Waals surface area (Å²) in [6, 6.07) is 5.54. The van der Waals surface area contributed by atoms with Gasteiger partial charge in [0.15, 0.2) is 11.5 Å². The number of phenolic OH excluding ortho intramolecular Hbond substituents is 1. The molecule has 22 heavy (non-hydrogen) atoms. The zero-order chi connectivity index (χ0) is 15.5. The minimum atomic E-state index is -0.278. The van der Waals surface area contributed by atoms with Crippen molar-refractivity contribution >= 4 is 12.4 Å². The SMILES string of the molecule is COc1cc([C@H](N2CCNCC2)C(C)(C)CO)ccc1O.Cl. The third-order valence-corrected chi connectivity index (χ3v) is 4.18. The number of nitrogens with zero attached hydrogens (tertiary/aromatic N) is 1. The Bertz CT molecular complexity index is 476. The van der Waals surface area contributed by atoms with Crippen molar-refractivity contribution in [2.24, 2.45) is 5.41 Å². The van der Waals surface area contributed by atoms with Gasteiger partial charge in [0.1, 0.15) is 0 Å². The molecule has 1 saturated heterocycles. The fourth-order valence-corrected chi connectivity index (χ4v) is 3.05. The van der Waals surface area contributed by atoms with Gasteiger partial charge in [0.05, 0.1) is 7.11 Å². The summed E-state index contributed by atoms with van der Waals surface area (Å²) in [6.45, 7) is 8.03. The van der Waals surface area contributed by atoms with E-state index in [1.54, 1.807) is 13.2 Å². The van der Waals surface area contributed by atoms with Gasteiger partial charge in [-0.15, -0.1) is 12.4 Å². The third-order valence-electron chi connectivity index (χ3n) is 4.18. The molecule has 1 heterocycles. The molecular weight excluding hydrogens is 304 g/mol. The van der Waals surface area contributed by atoms with Crippen LogP contribution >= 0.6 is 12.4 Å². The van der Waals surface area contributed by atoms with E-state index in [0.717, 1.165) is 31.7 Å². The van der Waals surface area contributed by atoms with Crippen LogP contribution in [-0.4, -0.2) is 55.0 Å². The minimum Gasteiger partial charge on any atom is -0.504 e. The quantitative estimate of drug-likeness (QED) is 0.768. The van der Waals surface area contributed by atoms with Crippen LogP contribution in [0, 0.1) is 5.41 Å². The molecule has 0 radical (unpaired) electrons. The van der Waals surface area contributed by atoms with Crippen LogP contribution < -0.4 is 10.1 Å². The maximum Gasteiger partial charge on any atom is 0.160 e. The lowest BCUT2D eigenvalue weighted by atomic mass is 9.79. The molecule has 0 saturated carbocycles. The van der Waals surface area contributed by atoms with Crippen molar-refractivity contribution in [2.75, 3.05) is 39.9 Å². The zero-order valence-electron chi connectivity index (χ0n) is 13.5. The number of piperazine rings is 1. The predicted molar refractivity (Wildman–Crippen MR) is 90.0 cm³/mol. The number of rotatable bonds is 5. The molecule has 5 nitrogen and oxygen atoms in total. The lowest BCUT2D eigenvalue weighted by Crippen LogP contribution is -2.49. The summed E-state index contributed by atoms with van der Waals surface area (Å²) in [5.74, 6) is 0.614. The molecule has 1 aromatic carbocycles. The average Bonchev–Trinajstić information content (AvgIpc) is 2.50. The fraction of sp³-hybridized carbons (Fsp3) is 0.625. The van der Waals surface area contributed by atoms with E-state index in [-0.39, 0.29) is 36.2 Å². The molecule has 1 fully saturated rings. The van der Waals surface area contributed by atoms with E-state index in [9.17, 15) is 10.2 Å². The maximum atomic E-state index is 9.81. The second-order valence-corrected chi connectivity index (χ2v) is 6.27. The summed E-state index contributed by atoms with van der Waals surface area (Å²) >= 11 is 0. The van der Waals surface area contributed by atoms with Gasteiger partial charge in [0.25, 0.3) is 0 Å². The summed E-state index contributed by atoms with van der Waals surface area (Å²) in [5.41, 5.74) is 0.782. The summed E-state index contributed by atoms with van der Waals surface area (Å²) in [7, 11) is 1.55. The molecule has 6 heteroatoms. The smallest absolute Gasteiger partial charge is 0.160 e. The number of aromatic hydroxyl groups is 1. The Morgan fingerprint density at radius 1 is 1.32 bits per heavy atom. The Labute approximate surface area is 138 Å². The lowest BCUT2D eigenvalue weighted by Gasteiger charge is -2.43. The monoisotopic (exact) mass is 330 g/mol. The van der Waals surface area contributed by atoms with Crippen LogP contribution in [0.5, 0.6) is 11.5 Å². The molecule has 1 atom stereocenters. The van der Waals surface area contributed by atoms with Gasteiger partial charge in [-0.05, 0) is 17.7 Å². The van der Waals surface area contributed by atoms with Crippen molar-refractivity contribution in [3.05, 3.63) is 23.8 Å². The van der Waals surface area contributed by atoms with E-state index >= 15 is 0 Å². The van der Waals surface area contributed by atoms with E-state index in [2.05, 4.69) is 24.1 Å². The second-order valence-electron chi connectivity index (χ2n) is 6.27. The van der Waals surface area contributed by atoms with Gasteiger partial charge in [-0.3, -0.25) is 4.90 Å². The first kappa shape index (κ1) is 19.0. The van der Waals surface area contributed by atoms with Crippen molar-refractivity contribution in [1.82, 2.24) is 10.2 Å². The van der Waals surface area contributed by atoms with Crippen LogP contribution in [0.1, 0.15) is 25.5 Å². The molecule has 0 bridgehead atoms. The van der Waals surface area contributed by atoms with Crippen molar-refractivity contribution in [1.29, 1.82) is 0 Å². The molecule has 0 aliphatic carbocycles. The topological polar surface area (TPSA) is 65.0 Å². The first-order valence-electron chi connectivity index (χ1n) is 7.42. The molecule has 0 amide bonds. The number of aliphatic hydroxyl groups is 1. The molecule has 1 aliphatic rings. The normalized spacial score (nSPS) is 17.6. The maximum absolute atomic E-state index is 9.81. The van der Waals surface area contributed by atoms with E-state index in [4.69, 9.17) is 4.74 Å². The molecule has 1 aliphatic heterocycles. The zero-order valence-corrected chi connectivity index (χ0v) is 14.3. The minimum absolute atomic E-state index is 0. The highest BCUT2D eigenvalue weighted by atomic mass is 35.5. The Morgan fingerprint density at radius 3 is 2.50 bits per heavy atom. The highest BCUT2D eigenvalue weighted by molar-refractivity contribution is 5.85. The number of methoxy groups -OCH3 is 1. The highest BCUT2D eigenvalue weighted by Crippen LogP contribution is 2.40. The standard InChI is InChI=1S/C16H26N2O3.ClH/c1-16(2,11-19)15(18-8-6-17-7-9-18)12-4-5-13(20)14(10-12)21-3;/h4-5,10,15,17,19-20H,6-9,11H2,1-3H3;1H/t15-;/m0./s1. The van der Waals surface area contributed by atoms with Gasteiger partial charge < -0.3 is 20.3 Å². The molecule has 3 N–H and O–H groups in total. The predicted octanol–water partition coefficient (Wildman–Crippen LogP) is 1.79. The van der Waals surface area contributed by atoms with E-state index in [1.807, 2.05) is 12.1 Å². The number of halogens is 1. The third kappa shape index (κ3) is 4.04. The van der Waals surface area contributed by atoms with Gasteiger partial charge in [-0.25, -0.2) is 0 Å². The van der Waals surface area contributed by atoms with Crippen molar-refractivity contribution in [3.8, 4) is 11.5 Å². The fourth-order valence-electron chi connectivity index (χ4n) is 3.05. The van der Waals surface area contributed by atoms with Crippen molar-refractivity contribution in [3.63, 3.8) is 0 Å². The average molecular weight is 331 g/mol. The van der Waals surface area contributed by atoms with Gasteiger partial charge in [0, 0.05) is 44.2 Å². The Kier molecular flexibility index (Phi) is 6.94. The number of aliphatic hydroxyl groups excluding tert-OH is 1. The second kappa shape index (κ2) is 8.02. The van der Waals surface area contributed by atoms with Gasteiger partial charge in [0.2, 0.25) is 0 Å². The molecule has 0 aromatic heterocycles. The van der Waals surface area contributed by atoms with Gasteiger partial charge in [-0.2, -0.15) is 0 Å². The van der Waals surface area contributed by atoms with Crippen LogP contribution in [0.3, 0.4) is 0 Å².